The highest BCUT2D eigenvalue weighted by Gasteiger charge is 2.01. The molecule has 114 valence electrons. The van der Waals surface area contributed by atoms with Gasteiger partial charge in [-0.3, -0.25) is 0 Å². The van der Waals surface area contributed by atoms with E-state index in [0.717, 1.165) is 17.9 Å². The SMILES string of the molecule is C#CCOc1ccc(Cc2ccc(OCC(C)O)cc2)cc1. The predicted octanol–water partition coefficient (Wildman–Crippen LogP) is 3.05. The van der Waals surface area contributed by atoms with Crippen molar-refractivity contribution in [1.29, 1.82) is 0 Å². The van der Waals surface area contributed by atoms with Gasteiger partial charge in [-0.25, -0.2) is 0 Å². The van der Waals surface area contributed by atoms with Crippen molar-refractivity contribution in [3.63, 3.8) is 0 Å². The summed E-state index contributed by atoms with van der Waals surface area (Å²) >= 11 is 0. The van der Waals surface area contributed by atoms with Crippen LogP contribution >= 0.6 is 0 Å². The lowest BCUT2D eigenvalue weighted by Gasteiger charge is -2.09. The molecule has 1 unspecified atom stereocenters. The van der Waals surface area contributed by atoms with Crippen molar-refractivity contribution >= 4 is 0 Å². The minimum Gasteiger partial charge on any atom is -0.491 e. The smallest absolute Gasteiger partial charge is 0.148 e. The second-order valence-electron chi connectivity index (χ2n) is 5.12. The molecule has 1 atom stereocenters. The summed E-state index contributed by atoms with van der Waals surface area (Å²) in [5, 5.41) is 9.19. The quantitative estimate of drug-likeness (QED) is 0.798. The molecule has 0 spiro atoms. The van der Waals surface area contributed by atoms with Crippen LogP contribution in [-0.2, 0) is 6.42 Å². The molecule has 1 N–H and O–H groups in total. The molecule has 0 saturated heterocycles. The van der Waals surface area contributed by atoms with E-state index in [4.69, 9.17) is 15.9 Å². The summed E-state index contributed by atoms with van der Waals surface area (Å²) in [6.07, 6.45) is 5.54. The zero-order valence-corrected chi connectivity index (χ0v) is 12.7. The first-order valence-corrected chi connectivity index (χ1v) is 7.22. The molecule has 0 heterocycles. The second kappa shape index (κ2) is 8.11. The van der Waals surface area contributed by atoms with Gasteiger partial charge in [0.25, 0.3) is 0 Å². The molecule has 0 saturated carbocycles. The highest BCUT2D eigenvalue weighted by Crippen LogP contribution is 2.18. The fourth-order valence-corrected chi connectivity index (χ4v) is 1.98. The molecule has 2 aromatic carbocycles. The Morgan fingerprint density at radius 1 is 0.955 bits per heavy atom. The maximum atomic E-state index is 9.19. The van der Waals surface area contributed by atoms with Gasteiger partial charge in [-0.1, -0.05) is 30.2 Å². The van der Waals surface area contributed by atoms with Crippen LogP contribution in [0.4, 0.5) is 0 Å². The zero-order valence-electron chi connectivity index (χ0n) is 12.7. The number of aliphatic hydroxyl groups excluding tert-OH is 1. The van der Waals surface area contributed by atoms with Crippen molar-refractivity contribution in [2.45, 2.75) is 19.4 Å². The monoisotopic (exact) mass is 296 g/mol. The van der Waals surface area contributed by atoms with E-state index in [2.05, 4.69) is 5.92 Å². The van der Waals surface area contributed by atoms with Crippen LogP contribution < -0.4 is 9.47 Å². The lowest BCUT2D eigenvalue weighted by atomic mass is 10.0. The van der Waals surface area contributed by atoms with E-state index >= 15 is 0 Å². The van der Waals surface area contributed by atoms with Crippen LogP contribution in [0.2, 0.25) is 0 Å². The first-order chi connectivity index (χ1) is 10.7. The Bertz CT molecular complexity index is 607. The molecule has 2 aromatic rings. The number of hydrogen-bond acceptors (Lipinski definition) is 3. The summed E-state index contributed by atoms with van der Waals surface area (Å²) < 4.78 is 10.8. The van der Waals surface area contributed by atoms with Crippen LogP contribution in [0, 0.1) is 12.3 Å². The van der Waals surface area contributed by atoms with E-state index in [1.54, 1.807) is 6.92 Å². The third kappa shape index (κ3) is 5.16. The van der Waals surface area contributed by atoms with Crippen molar-refractivity contribution in [3.8, 4) is 23.8 Å². The highest BCUT2D eigenvalue weighted by molar-refractivity contribution is 5.34. The molecule has 0 aliphatic rings. The van der Waals surface area contributed by atoms with Crippen LogP contribution in [0.25, 0.3) is 0 Å². The van der Waals surface area contributed by atoms with Gasteiger partial charge in [0.1, 0.15) is 24.7 Å². The molecule has 2 rings (SSSR count). The van der Waals surface area contributed by atoms with Crippen LogP contribution in [0.1, 0.15) is 18.1 Å². The zero-order chi connectivity index (χ0) is 15.8. The van der Waals surface area contributed by atoms with Crippen LogP contribution in [-0.4, -0.2) is 24.4 Å². The molecule has 0 aromatic heterocycles. The van der Waals surface area contributed by atoms with Gasteiger partial charge in [0.15, 0.2) is 0 Å². The van der Waals surface area contributed by atoms with Gasteiger partial charge in [0.05, 0.1) is 6.10 Å². The summed E-state index contributed by atoms with van der Waals surface area (Å²) in [5.41, 5.74) is 2.40. The number of aliphatic hydroxyl groups is 1. The second-order valence-corrected chi connectivity index (χ2v) is 5.12. The van der Waals surface area contributed by atoms with Crippen LogP contribution in [0.15, 0.2) is 48.5 Å². The third-order valence-corrected chi connectivity index (χ3v) is 3.07. The summed E-state index contributed by atoms with van der Waals surface area (Å²) in [5.74, 6) is 3.99. The fraction of sp³-hybridized carbons (Fsp3) is 0.263. The van der Waals surface area contributed by atoms with Gasteiger partial charge >= 0.3 is 0 Å². The van der Waals surface area contributed by atoms with Gasteiger partial charge in [0.2, 0.25) is 0 Å². The first kappa shape index (κ1) is 15.9. The van der Waals surface area contributed by atoms with Gasteiger partial charge in [-0.2, -0.15) is 0 Å². The van der Waals surface area contributed by atoms with Gasteiger partial charge in [0, 0.05) is 0 Å². The van der Waals surface area contributed by atoms with Gasteiger partial charge in [-0.15, -0.1) is 6.42 Å². The summed E-state index contributed by atoms with van der Waals surface area (Å²) in [7, 11) is 0. The number of terminal acetylenes is 1. The van der Waals surface area contributed by atoms with E-state index in [1.165, 1.54) is 11.1 Å². The molecule has 22 heavy (non-hydrogen) atoms. The summed E-state index contributed by atoms with van der Waals surface area (Å²) in [6.45, 7) is 2.29. The van der Waals surface area contributed by atoms with E-state index < -0.39 is 6.10 Å². The predicted molar refractivity (Wildman–Crippen MR) is 87.2 cm³/mol. The minimum atomic E-state index is -0.463. The Balaban J connectivity index is 1.91. The molecular formula is C19H20O3. The van der Waals surface area contributed by atoms with Crippen molar-refractivity contribution in [3.05, 3.63) is 59.7 Å². The summed E-state index contributed by atoms with van der Waals surface area (Å²) in [4.78, 5) is 0. The molecule has 0 fully saturated rings. The average Bonchev–Trinajstić information content (AvgIpc) is 2.53. The number of ether oxygens (including phenoxy) is 2. The van der Waals surface area contributed by atoms with Gasteiger partial charge in [-0.05, 0) is 48.7 Å². The molecule has 0 bridgehead atoms. The maximum absolute atomic E-state index is 9.19. The van der Waals surface area contributed by atoms with Crippen molar-refractivity contribution < 1.29 is 14.6 Å². The number of benzene rings is 2. The highest BCUT2D eigenvalue weighted by atomic mass is 16.5. The molecule has 3 heteroatoms. The Morgan fingerprint density at radius 3 is 1.91 bits per heavy atom. The normalized spacial score (nSPS) is 11.5. The Kier molecular flexibility index (Phi) is 5.88. The maximum Gasteiger partial charge on any atom is 0.148 e. The lowest BCUT2D eigenvalue weighted by Crippen LogP contribution is -2.12. The third-order valence-electron chi connectivity index (χ3n) is 3.07. The van der Waals surface area contributed by atoms with E-state index in [0.29, 0.717) is 6.61 Å². The van der Waals surface area contributed by atoms with E-state index in [1.807, 2.05) is 48.5 Å². The standard InChI is InChI=1S/C19H20O3/c1-3-12-21-18-8-4-16(5-9-18)13-17-6-10-19(11-7-17)22-14-15(2)20/h1,4-11,15,20H,12-14H2,2H3. The summed E-state index contributed by atoms with van der Waals surface area (Å²) in [6, 6.07) is 15.8. The molecule has 0 radical (unpaired) electrons. The fourth-order valence-electron chi connectivity index (χ4n) is 1.98. The topological polar surface area (TPSA) is 38.7 Å². The van der Waals surface area contributed by atoms with E-state index in [-0.39, 0.29) is 6.61 Å². The largest absolute Gasteiger partial charge is 0.491 e. The Hall–Kier alpha value is -2.44. The average molecular weight is 296 g/mol. The number of hydrogen-bond donors (Lipinski definition) is 1. The van der Waals surface area contributed by atoms with Gasteiger partial charge < -0.3 is 14.6 Å². The lowest BCUT2D eigenvalue weighted by molar-refractivity contribution is 0.122. The molecule has 0 aliphatic carbocycles. The molecule has 0 aliphatic heterocycles. The first-order valence-electron chi connectivity index (χ1n) is 7.22. The number of rotatable bonds is 7. The molecule has 0 amide bonds. The van der Waals surface area contributed by atoms with Crippen molar-refractivity contribution in [2.24, 2.45) is 0 Å². The van der Waals surface area contributed by atoms with E-state index in [9.17, 15) is 5.11 Å². The molecular weight excluding hydrogens is 276 g/mol. The minimum absolute atomic E-state index is 0.285. The molecule has 3 nitrogen and oxygen atoms in total. The van der Waals surface area contributed by atoms with Crippen LogP contribution in [0.3, 0.4) is 0 Å². The Labute approximate surface area is 131 Å². The Morgan fingerprint density at radius 2 is 1.45 bits per heavy atom. The van der Waals surface area contributed by atoms with Crippen molar-refractivity contribution in [1.82, 2.24) is 0 Å². The van der Waals surface area contributed by atoms with Crippen LogP contribution in [0.5, 0.6) is 11.5 Å². The van der Waals surface area contributed by atoms with Crippen molar-refractivity contribution in [2.75, 3.05) is 13.2 Å².